The summed E-state index contributed by atoms with van der Waals surface area (Å²) in [4.78, 5) is 19.6. The van der Waals surface area contributed by atoms with Crippen molar-refractivity contribution in [3.8, 4) is 0 Å². The number of carbonyl (C=O) groups is 1. The number of amides is 1. The van der Waals surface area contributed by atoms with E-state index in [2.05, 4.69) is 15.3 Å². The van der Waals surface area contributed by atoms with Gasteiger partial charge in [-0.15, -0.1) is 11.3 Å². The van der Waals surface area contributed by atoms with Gasteiger partial charge in [-0.05, 0) is 0 Å². The molecule has 1 fully saturated rings. The third-order valence-electron chi connectivity index (χ3n) is 2.69. The summed E-state index contributed by atoms with van der Waals surface area (Å²) in [5, 5.41) is 2.08. The van der Waals surface area contributed by atoms with Gasteiger partial charge < -0.3 is 4.90 Å². The second-order valence-electron chi connectivity index (χ2n) is 3.76. The van der Waals surface area contributed by atoms with E-state index in [1.165, 1.54) is 0 Å². The lowest BCUT2D eigenvalue weighted by atomic mass is 10.3. The fourth-order valence-electron chi connectivity index (χ4n) is 1.77. The first-order chi connectivity index (χ1) is 7.25. The van der Waals surface area contributed by atoms with Crippen molar-refractivity contribution in [2.24, 2.45) is 0 Å². The van der Waals surface area contributed by atoms with Crippen molar-refractivity contribution in [1.29, 1.82) is 0 Å². The van der Waals surface area contributed by atoms with Crippen molar-refractivity contribution in [2.45, 2.75) is 13.5 Å². The van der Waals surface area contributed by atoms with Gasteiger partial charge in [0.05, 0.1) is 11.2 Å². The molecule has 0 aromatic carbocycles. The predicted octanol–water partition coefficient (Wildman–Crippen LogP) is 0.807. The van der Waals surface area contributed by atoms with E-state index in [-0.39, 0.29) is 5.91 Å². The Morgan fingerprint density at radius 1 is 1.47 bits per heavy atom. The highest BCUT2D eigenvalue weighted by Crippen LogP contribution is 2.08. The van der Waals surface area contributed by atoms with Crippen LogP contribution in [0.5, 0.6) is 0 Å². The standard InChI is InChI=1S/C10H15N3OS/c1-9(14)13-4-2-12(3-5-13)6-10-7-15-8-11-10/h7-8H,2-6H2,1H3. The van der Waals surface area contributed by atoms with Crippen LogP contribution in [0.15, 0.2) is 10.9 Å². The minimum absolute atomic E-state index is 0.184. The molecule has 15 heavy (non-hydrogen) atoms. The van der Waals surface area contributed by atoms with Crippen LogP contribution in [0, 0.1) is 0 Å². The first-order valence-corrected chi connectivity index (χ1v) is 6.05. The van der Waals surface area contributed by atoms with E-state index >= 15 is 0 Å². The van der Waals surface area contributed by atoms with Crippen molar-refractivity contribution in [3.05, 3.63) is 16.6 Å². The molecule has 0 saturated carbocycles. The number of hydrogen-bond acceptors (Lipinski definition) is 4. The summed E-state index contributed by atoms with van der Waals surface area (Å²) >= 11 is 1.63. The van der Waals surface area contributed by atoms with Crippen LogP contribution in [-0.4, -0.2) is 46.9 Å². The van der Waals surface area contributed by atoms with Crippen LogP contribution in [0.3, 0.4) is 0 Å². The number of carbonyl (C=O) groups excluding carboxylic acids is 1. The van der Waals surface area contributed by atoms with Gasteiger partial charge in [0.1, 0.15) is 0 Å². The van der Waals surface area contributed by atoms with Gasteiger partial charge in [-0.3, -0.25) is 9.69 Å². The van der Waals surface area contributed by atoms with Gasteiger partial charge in [-0.2, -0.15) is 0 Å². The second-order valence-corrected chi connectivity index (χ2v) is 4.48. The molecular formula is C10H15N3OS. The monoisotopic (exact) mass is 225 g/mol. The average molecular weight is 225 g/mol. The summed E-state index contributed by atoms with van der Waals surface area (Å²) in [5.74, 6) is 0.184. The lowest BCUT2D eigenvalue weighted by Crippen LogP contribution is -2.47. The van der Waals surface area contributed by atoms with Gasteiger partial charge in [0.2, 0.25) is 5.91 Å². The van der Waals surface area contributed by atoms with E-state index in [1.807, 2.05) is 10.4 Å². The molecule has 4 nitrogen and oxygen atoms in total. The molecule has 0 spiro atoms. The van der Waals surface area contributed by atoms with Gasteiger partial charge in [0.15, 0.2) is 0 Å². The minimum atomic E-state index is 0.184. The topological polar surface area (TPSA) is 36.4 Å². The van der Waals surface area contributed by atoms with Gasteiger partial charge in [-0.25, -0.2) is 4.98 Å². The van der Waals surface area contributed by atoms with E-state index in [9.17, 15) is 4.79 Å². The van der Waals surface area contributed by atoms with Crippen molar-refractivity contribution in [1.82, 2.24) is 14.8 Å². The van der Waals surface area contributed by atoms with Gasteiger partial charge in [0.25, 0.3) is 0 Å². The number of hydrogen-bond donors (Lipinski definition) is 0. The summed E-state index contributed by atoms with van der Waals surface area (Å²) in [5.41, 5.74) is 3.00. The molecule has 2 rings (SSSR count). The highest BCUT2D eigenvalue weighted by atomic mass is 32.1. The normalized spacial score (nSPS) is 18.1. The summed E-state index contributed by atoms with van der Waals surface area (Å²) in [7, 11) is 0. The van der Waals surface area contributed by atoms with Crippen LogP contribution in [0.2, 0.25) is 0 Å². The Hall–Kier alpha value is -0.940. The zero-order valence-electron chi connectivity index (χ0n) is 8.85. The molecule has 1 saturated heterocycles. The van der Waals surface area contributed by atoms with E-state index < -0.39 is 0 Å². The lowest BCUT2D eigenvalue weighted by molar-refractivity contribution is -0.130. The van der Waals surface area contributed by atoms with E-state index in [0.29, 0.717) is 0 Å². The summed E-state index contributed by atoms with van der Waals surface area (Å²) in [6.07, 6.45) is 0. The molecule has 0 aliphatic carbocycles. The Kier molecular flexibility index (Phi) is 3.33. The lowest BCUT2D eigenvalue weighted by Gasteiger charge is -2.33. The molecule has 0 atom stereocenters. The molecule has 1 aliphatic heterocycles. The van der Waals surface area contributed by atoms with Crippen molar-refractivity contribution in [2.75, 3.05) is 26.2 Å². The third-order valence-corrected chi connectivity index (χ3v) is 3.32. The van der Waals surface area contributed by atoms with Gasteiger partial charge in [0, 0.05) is 45.0 Å². The predicted molar refractivity (Wildman–Crippen MR) is 59.6 cm³/mol. The quantitative estimate of drug-likeness (QED) is 0.747. The van der Waals surface area contributed by atoms with Crippen LogP contribution in [0.25, 0.3) is 0 Å². The van der Waals surface area contributed by atoms with Crippen LogP contribution in [-0.2, 0) is 11.3 Å². The molecule has 1 aromatic rings. The number of piperazine rings is 1. The minimum Gasteiger partial charge on any atom is -0.340 e. The molecule has 0 radical (unpaired) electrons. The van der Waals surface area contributed by atoms with Gasteiger partial charge >= 0.3 is 0 Å². The number of aromatic nitrogens is 1. The average Bonchev–Trinajstić information content (AvgIpc) is 2.71. The fraction of sp³-hybridized carbons (Fsp3) is 0.600. The number of thiazole rings is 1. The molecule has 82 valence electrons. The smallest absolute Gasteiger partial charge is 0.219 e. The third kappa shape index (κ3) is 2.76. The molecule has 0 bridgehead atoms. The fourth-order valence-corrected chi connectivity index (χ4v) is 2.32. The maximum absolute atomic E-state index is 11.1. The summed E-state index contributed by atoms with van der Waals surface area (Å²) in [6, 6.07) is 0. The maximum atomic E-state index is 11.1. The van der Waals surface area contributed by atoms with E-state index in [4.69, 9.17) is 0 Å². The van der Waals surface area contributed by atoms with E-state index in [1.54, 1.807) is 18.3 Å². The molecule has 1 amide bonds. The molecule has 0 unspecified atom stereocenters. The van der Waals surface area contributed by atoms with Crippen molar-refractivity contribution >= 4 is 17.2 Å². The zero-order valence-corrected chi connectivity index (χ0v) is 9.66. The second kappa shape index (κ2) is 4.72. The molecule has 0 N–H and O–H groups in total. The number of nitrogens with zero attached hydrogens (tertiary/aromatic N) is 3. The van der Waals surface area contributed by atoms with E-state index in [0.717, 1.165) is 38.4 Å². The zero-order chi connectivity index (χ0) is 10.7. The first kappa shape index (κ1) is 10.6. The Morgan fingerprint density at radius 3 is 2.73 bits per heavy atom. The van der Waals surface area contributed by atoms with Crippen LogP contribution in [0.4, 0.5) is 0 Å². The molecule has 2 heterocycles. The summed E-state index contributed by atoms with van der Waals surface area (Å²) in [6.45, 7) is 6.15. The van der Waals surface area contributed by atoms with Gasteiger partial charge in [-0.1, -0.05) is 0 Å². The Morgan fingerprint density at radius 2 is 2.20 bits per heavy atom. The van der Waals surface area contributed by atoms with Crippen LogP contribution >= 0.6 is 11.3 Å². The number of rotatable bonds is 2. The Labute approximate surface area is 93.5 Å². The van der Waals surface area contributed by atoms with Crippen LogP contribution in [0.1, 0.15) is 12.6 Å². The SMILES string of the molecule is CC(=O)N1CCN(Cc2cscn2)CC1. The van der Waals surface area contributed by atoms with Crippen molar-refractivity contribution < 1.29 is 4.79 Å². The molecular weight excluding hydrogens is 210 g/mol. The van der Waals surface area contributed by atoms with Crippen LogP contribution < -0.4 is 0 Å². The maximum Gasteiger partial charge on any atom is 0.219 e. The van der Waals surface area contributed by atoms with Crippen molar-refractivity contribution in [3.63, 3.8) is 0 Å². The Balaban J connectivity index is 1.81. The molecule has 5 heteroatoms. The highest BCUT2D eigenvalue weighted by molar-refractivity contribution is 7.07. The largest absolute Gasteiger partial charge is 0.340 e. The molecule has 1 aliphatic rings. The Bertz CT molecular complexity index is 317. The highest BCUT2D eigenvalue weighted by Gasteiger charge is 2.18. The molecule has 1 aromatic heterocycles. The first-order valence-electron chi connectivity index (χ1n) is 5.10. The summed E-state index contributed by atoms with van der Waals surface area (Å²) < 4.78 is 0.